The standard InChI is InChI=1S/C23H24ClN3O3S2/c1-3-26(4-2)32(28,29)20-11-12-22-21(14-20)25-23(27(22)15-19-6-5-13-30-19)31-16-17-7-9-18(24)10-8-17/h5-14H,3-4,15-16H2,1-2H3. The van der Waals surface area contributed by atoms with Crippen molar-refractivity contribution in [2.45, 2.75) is 36.2 Å². The first kappa shape index (κ1) is 22.9. The van der Waals surface area contributed by atoms with Crippen LogP contribution in [0.25, 0.3) is 11.0 Å². The molecule has 0 unspecified atom stereocenters. The van der Waals surface area contributed by atoms with E-state index in [-0.39, 0.29) is 4.90 Å². The van der Waals surface area contributed by atoms with Crippen LogP contribution < -0.4 is 0 Å². The molecular weight excluding hydrogens is 466 g/mol. The molecule has 2 heterocycles. The Morgan fingerprint density at radius 1 is 1.09 bits per heavy atom. The Balaban J connectivity index is 1.72. The highest BCUT2D eigenvalue weighted by Gasteiger charge is 2.23. The monoisotopic (exact) mass is 489 g/mol. The second-order valence-corrected chi connectivity index (χ2v) is 10.5. The zero-order chi connectivity index (χ0) is 22.7. The number of fused-ring (bicyclic) bond motifs is 1. The lowest BCUT2D eigenvalue weighted by molar-refractivity contribution is 0.445. The summed E-state index contributed by atoms with van der Waals surface area (Å²) in [5.41, 5.74) is 2.63. The van der Waals surface area contributed by atoms with E-state index in [1.807, 2.05) is 56.3 Å². The van der Waals surface area contributed by atoms with Gasteiger partial charge < -0.3 is 8.98 Å². The molecule has 4 rings (SSSR count). The molecule has 0 amide bonds. The van der Waals surface area contributed by atoms with E-state index in [0.717, 1.165) is 22.0 Å². The Bertz CT molecular complexity index is 1300. The van der Waals surface area contributed by atoms with Crippen molar-refractivity contribution in [1.29, 1.82) is 0 Å². The summed E-state index contributed by atoms with van der Waals surface area (Å²) < 4.78 is 35.0. The minimum atomic E-state index is -3.56. The molecular formula is C23H24ClN3O3S2. The third-order valence-electron chi connectivity index (χ3n) is 5.20. The van der Waals surface area contributed by atoms with Gasteiger partial charge in [0.05, 0.1) is 28.7 Å². The van der Waals surface area contributed by atoms with E-state index in [2.05, 4.69) is 4.57 Å². The highest BCUT2D eigenvalue weighted by molar-refractivity contribution is 7.98. The number of sulfonamides is 1. The van der Waals surface area contributed by atoms with Crippen molar-refractivity contribution in [3.8, 4) is 0 Å². The van der Waals surface area contributed by atoms with Crippen LogP contribution in [0.4, 0.5) is 0 Å². The average molecular weight is 490 g/mol. The molecule has 168 valence electrons. The van der Waals surface area contributed by atoms with Crippen LogP contribution in [0.5, 0.6) is 0 Å². The van der Waals surface area contributed by atoms with Gasteiger partial charge in [0.1, 0.15) is 5.76 Å². The smallest absolute Gasteiger partial charge is 0.243 e. The number of imidazole rings is 1. The topological polar surface area (TPSA) is 68.3 Å². The zero-order valence-electron chi connectivity index (χ0n) is 17.9. The fraction of sp³-hybridized carbons (Fsp3) is 0.261. The van der Waals surface area contributed by atoms with Gasteiger partial charge in [-0.2, -0.15) is 4.31 Å². The molecule has 0 atom stereocenters. The number of halogens is 1. The van der Waals surface area contributed by atoms with Gasteiger partial charge in [-0.3, -0.25) is 0 Å². The second kappa shape index (κ2) is 9.70. The molecule has 0 N–H and O–H groups in total. The van der Waals surface area contributed by atoms with Gasteiger partial charge in [0, 0.05) is 23.9 Å². The number of thioether (sulfide) groups is 1. The summed E-state index contributed by atoms with van der Waals surface area (Å²) in [5, 5.41) is 1.49. The van der Waals surface area contributed by atoms with E-state index < -0.39 is 10.0 Å². The van der Waals surface area contributed by atoms with Gasteiger partial charge in [-0.05, 0) is 48.0 Å². The predicted octanol–water partition coefficient (Wildman–Crippen LogP) is 5.65. The summed E-state index contributed by atoms with van der Waals surface area (Å²) in [7, 11) is -3.56. The van der Waals surface area contributed by atoms with Crippen molar-refractivity contribution >= 4 is 44.4 Å². The summed E-state index contributed by atoms with van der Waals surface area (Å²) in [6, 6.07) is 16.6. The lowest BCUT2D eigenvalue weighted by Gasteiger charge is -2.18. The van der Waals surface area contributed by atoms with E-state index in [1.54, 1.807) is 30.2 Å². The van der Waals surface area contributed by atoms with Gasteiger partial charge in [-0.25, -0.2) is 13.4 Å². The van der Waals surface area contributed by atoms with Gasteiger partial charge in [-0.1, -0.05) is 49.3 Å². The highest BCUT2D eigenvalue weighted by atomic mass is 35.5. The van der Waals surface area contributed by atoms with Crippen LogP contribution in [0.2, 0.25) is 5.02 Å². The largest absolute Gasteiger partial charge is 0.467 e. The Morgan fingerprint density at radius 3 is 2.50 bits per heavy atom. The summed E-state index contributed by atoms with van der Waals surface area (Å²) in [4.78, 5) is 5.04. The number of hydrogen-bond acceptors (Lipinski definition) is 5. The lowest BCUT2D eigenvalue weighted by Crippen LogP contribution is -2.30. The van der Waals surface area contributed by atoms with Crippen LogP contribution in [-0.2, 0) is 22.3 Å². The Morgan fingerprint density at radius 2 is 1.84 bits per heavy atom. The molecule has 0 bridgehead atoms. The number of rotatable bonds is 9. The van der Waals surface area contributed by atoms with E-state index in [1.165, 1.54) is 4.31 Å². The molecule has 2 aromatic heterocycles. The molecule has 0 aliphatic rings. The Hall–Kier alpha value is -2.26. The lowest BCUT2D eigenvalue weighted by atomic mass is 10.2. The van der Waals surface area contributed by atoms with E-state index in [0.29, 0.717) is 35.9 Å². The SMILES string of the molecule is CCN(CC)S(=O)(=O)c1ccc2c(c1)nc(SCc1ccc(Cl)cc1)n2Cc1ccco1. The summed E-state index contributed by atoms with van der Waals surface area (Å²) in [6.07, 6.45) is 1.64. The minimum Gasteiger partial charge on any atom is -0.467 e. The van der Waals surface area contributed by atoms with E-state index in [9.17, 15) is 8.42 Å². The molecule has 6 nitrogen and oxygen atoms in total. The minimum absolute atomic E-state index is 0.255. The molecule has 2 aromatic carbocycles. The quantitative estimate of drug-likeness (QED) is 0.284. The molecule has 32 heavy (non-hydrogen) atoms. The summed E-state index contributed by atoms with van der Waals surface area (Å²) in [5.74, 6) is 1.51. The number of benzene rings is 2. The summed E-state index contributed by atoms with van der Waals surface area (Å²) in [6.45, 7) is 5.03. The van der Waals surface area contributed by atoms with Gasteiger partial charge in [-0.15, -0.1) is 0 Å². The molecule has 0 spiro atoms. The van der Waals surface area contributed by atoms with Crippen LogP contribution in [-0.4, -0.2) is 35.4 Å². The van der Waals surface area contributed by atoms with Crippen LogP contribution in [0.1, 0.15) is 25.2 Å². The number of hydrogen-bond donors (Lipinski definition) is 0. The molecule has 0 radical (unpaired) electrons. The van der Waals surface area contributed by atoms with Crippen molar-refractivity contribution in [3.63, 3.8) is 0 Å². The maximum absolute atomic E-state index is 13.0. The van der Waals surface area contributed by atoms with Crippen molar-refractivity contribution in [3.05, 3.63) is 77.2 Å². The highest BCUT2D eigenvalue weighted by Crippen LogP contribution is 2.30. The first-order valence-corrected chi connectivity index (χ1v) is 13.1. The Labute approximate surface area is 197 Å². The molecule has 0 saturated carbocycles. The van der Waals surface area contributed by atoms with Gasteiger partial charge in [0.25, 0.3) is 0 Å². The number of aromatic nitrogens is 2. The predicted molar refractivity (Wildman–Crippen MR) is 129 cm³/mol. The number of furan rings is 1. The van der Waals surface area contributed by atoms with Gasteiger partial charge >= 0.3 is 0 Å². The van der Waals surface area contributed by atoms with E-state index >= 15 is 0 Å². The molecule has 0 aliphatic heterocycles. The molecule has 0 aliphatic carbocycles. The number of nitrogens with zero attached hydrogens (tertiary/aromatic N) is 3. The van der Waals surface area contributed by atoms with Crippen molar-refractivity contribution in [1.82, 2.24) is 13.9 Å². The van der Waals surface area contributed by atoms with Gasteiger partial charge in [0.15, 0.2) is 5.16 Å². The van der Waals surface area contributed by atoms with Crippen LogP contribution in [0.15, 0.2) is 75.3 Å². The second-order valence-electron chi connectivity index (χ2n) is 7.21. The third-order valence-corrected chi connectivity index (χ3v) is 8.55. The van der Waals surface area contributed by atoms with Crippen molar-refractivity contribution < 1.29 is 12.8 Å². The zero-order valence-corrected chi connectivity index (χ0v) is 20.3. The third kappa shape index (κ3) is 4.73. The molecule has 0 fully saturated rings. The Kier molecular flexibility index (Phi) is 6.95. The van der Waals surface area contributed by atoms with Crippen LogP contribution in [0, 0.1) is 0 Å². The molecule has 9 heteroatoms. The fourth-order valence-corrected chi connectivity index (χ4v) is 6.08. The maximum atomic E-state index is 13.0. The maximum Gasteiger partial charge on any atom is 0.243 e. The average Bonchev–Trinajstić information content (AvgIpc) is 3.42. The van der Waals surface area contributed by atoms with E-state index in [4.69, 9.17) is 21.0 Å². The normalized spacial score (nSPS) is 12.1. The van der Waals surface area contributed by atoms with Gasteiger partial charge in [0.2, 0.25) is 10.0 Å². The summed E-state index contributed by atoms with van der Waals surface area (Å²) >= 11 is 7.59. The molecule has 0 saturated heterocycles. The fourth-order valence-electron chi connectivity index (χ4n) is 3.51. The first-order valence-electron chi connectivity index (χ1n) is 10.3. The van der Waals surface area contributed by atoms with Crippen LogP contribution >= 0.6 is 23.4 Å². The van der Waals surface area contributed by atoms with Crippen molar-refractivity contribution in [2.75, 3.05) is 13.1 Å². The van der Waals surface area contributed by atoms with Crippen LogP contribution in [0.3, 0.4) is 0 Å². The molecule has 4 aromatic rings. The van der Waals surface area contributed by atoms with Crippen molar-refractivity contribution in [2.24, 2.45) is 0 Å². The first-order chi connectivity index (χ1) is 15.4.